The largest absolute Gasteiger partial charge is 0.351 e. The number of allylic oxidation sites excluding steroid dienone is 2. The number of anilines is 1. The van der Waals surface area contributed by atoms with Crippen LogP contribution in [0.2, 0.25) is 0 Å². The van der Waals surface area contributed by atoms with Gasteiger partial charge in [-0.2, -0.15) is 0 Å². The van der Waals surface area contributed by atoms with Gasteiger partial charge in [-0.05, 0) is 32.1 Å². The molecule has 1 aromatic rings. The monoisotopic (exact) mass is 291 g/mol. The number of hydrogen-bond donors (Lipinski definition) is 2. The molecule has 1 aliphatic heterocycles. The zero-order valence-electron chi connectivity index (χ0n) is 11.1. The number of nitrogens with zero attached hydrogens (tertiary/aromatic N) is 1. The van der Waals surface area contributed by atoms with Crippen molar-refractivity contribution in [3.8, 4) is 0 Å². The highest BCUT2D eigenvalue weighted by Crippen LogP contribution is 2.27. The van der Waals surface area contributed by atoms with Gasteiger partial charge in [-0.3, -0.25) is 9.59 Å². The summed E-state index contributed by atoms with van der Waals surface area (Å²) in [5.41, 5.74) is 0.809. The second-order valence-electron chi connectivity index (χ2n) is 5.12. The Morgan fingerprint density at radius 2 is 2.35 bits per heavy atom. The van der Waals surface area contributed by atoms with E-state index >= 15 is 0 Å². The molecule has 0 aromatic carbocycles. The maximum absolute atomic E-state index is 12.2. The molecule has 20 heavy (non-hydrogen) atoms. The molecule has 0 fully saturated rings. The molecule has 3 rings (SSSR count). The zero-order valence-corrected chi connectivity index (χ0v) is 12.0. The molecule has 2 N–H and O–H groups in total. The van der Waals surface area contributed by atoms with E-state index in [2.05, 4.69) is 27.8 Å². The van der Waals surface area contributed by atoms with Crippen molar-refractivity contribution in [1.29, 1.82) is 0 Å². The van der Waals surface area contributed by atoms with Gasteiger partial charge >= 0.3 is 0 Å². The Kier molecular flexibility index (Phi) is 3.82. The fourth-order valence-corrected chi connectivity index (χ4v) is 3.46. The lowest BCUT2D eigenvalue weighted by molar-refractivity contribution is -0.120. The molecule has 1 atom stereocenters. The number of aryl methyl sites for hydroxylation is 1. The Morgan fingerprint density at radius 3 is 3.15 bits per heavy atom. The Morgan fingerprint density at radius 1 is 1.45 bits per heavy atom. The zero-order chi connectivity index (χ0) is 13.9. The fraction of sp³-hybridized carbons (Fsp3) is 0.500. The first-order chi connectivity index (χ1) is 9.74. The molecule has 0 saturated heterocycles. The number of amides is 2. The van der Waals surface area contributed by atoms with Crippen LogP contribution in [0, 0.1) is 5.92 Å². The van der Waals surface area contributed by atoms with E-state index in [0.29, 0.717) is 16.6 Å². The van der Waals surface area contributed by atoms with Crippen LogP contribution in [0.1, 0.15) is 41.0 Å². The number of hydrogen-bond acceptors (Lipinski definition) is 4. The first kappa shape index (κ1) is 13.3. The summed E-state index contributed by atoms with van der Waals surface area (Å²) in [5, 5.41) is 6.25. The Balaban J connectivity index is 1.72. The van der Waals surface area contributed by atoms with Crippen LogP contribution >= 0.6 is 11.3 Å². The minimum Gasteiger partial charge on any atom is -0.351 e. The number of carbonyl (C=O) groups is 2. The summed E-state index contributed by atoms with van der Waals surface area (Å²) in [5.74, 6) is -0.0349. The lowest BCUT2D eigenvalue weighted by atomic mass is 9.94. The number of rotatable bonds is 2. The summed E-state index contributed by atoms with van der Waals surface area (Å²) in [6.07, 6.45) is 8.47. The van der Waals surface area contributed by atoms with E-state index in [1.807, 2.05) is 0 Å². The molecule has 2 heterocycles. The van der Waals surface area contributed by atoms with Gasteiger partial charge in [0.15, 0.2) is 5.13 Å². The average molecular weight is 291 g/mol. The third kappa shape index (κ3) is 2.75. The van der Waals surface area contributed by atoms with Gasteiger partial charge < -0.3 is 10.6 Å². The molecule has 0 saturated carbocycles. The summed E-state index contributed by atoms with van der Waals surface area (Å²) < 4.78 is 0. The molecule has 2 aliphatic rings. The molecule has 0 bridgehead atoms. The van der Waals surface area contributed by atoms with Crippen molar-refractivity contribution < 1.29 is 9.59 Å². The topological polar surface area (TPSA) is 71.1 Å². The lowest BCUT2D eigenvalue weighted by Gasteiger charge is -2.15. The number of fused-ring (bicyclic) bond motifs is 1. The van der Waals surface area contributed by atoms with E-state index < -0.39 is 0 Å². The minimum absolute atomic E-state index is 0.0127. The molecule has 6 heteroatoms. The van der Waals surface area contributed by atoms with E-state index in [1.54, 1.807) is 0 Å². The number of thiazole rings is 1. The highest BCUT2D eigenvalue weighted by molar-refractivity contribution is 7.17. The Labute approximate surface area is 121 Å². The Bertz CT molecular complexity index is 565. The summed E-state index contributed by atoms with van der Waals surface area (Å²) in [7, 11) is 0. The van der Waals surface area contributed by atoms with Gasteiger partial charge in [0.1, 0.15) is 4.88 Å². The van der Waals surface area contributed by atoms with Crippen LogP contribution in [0.5, 0.6) is 0 Å². The number of carbonyl (C=O) groups excluding carboxylic acids is 2. The van der Waals surface area contributed by atoms with Crippen molar-refractivity contribution in [1.82, 2.24) is 10.3 Å². The van der Waals surface area contributed by atoms with Crippen LogP contribution in [0.3, 0.4) is 0 Å². The SMILES string of the molecule is O=C1NCCCc2nc(NC(=O)[C@H]3CC=CCC3)sc21. The van der Waals surface area contributed by atoms with Gasteiger partial charge in [-0.25, -0.2) is 4.98 Å². The molecule has 106 valence electrons. The van der Waals surface area contributed by atoms with E-state index in [0.717, 1.165) is 37.8 Å². The molecule has 0 unspecified atom stereocenters. The highest BCUT2D eigenvalue weighted by atomic mass is 32.1. The molecular formula is C14H17N3O2S. The number of nitrogens with one attached hydrogen (secondary N) is 2. The van der Waals surface area contributed by atoms with Crippen molar-refractivity contribution >= 4 is 28.3 Å². The molecule has 0 spiro atoms. The average Bonchev–Trinajstić information content (AvgIpc) is 2.79. The van der Waals surface area contributed by atoms with Crippen molar-refractivity contribution in [2.45, 2.75) is 32.1 Å². The van der Waals surface area contributed by atoms with E-state index in [-0.39, 0.29) is 17.7 Å². The quantitative estimate of drug-likeness (QED) is 0.820. The third-order valence-corrected chi connectivity index (χ3v) is 4.66. The summed E-state index contributed by atoms with van der Waals surface area (Å²) in [6, 6.07) is 0. The fourth-order valence-electron chi connectivity index (χ4n) is 2.53. The van der Waals surface area contributed by atoms with Gasteiger partial charge in [0.2, 0.25) is 5.91 Å². The molecule has 1 aliphatic carbocycles. The first-order valence-corrected chi connectivity index (χ1v) is 7.79. The maximum atomic E-state index is 12.2. The molecule has 2 amide bonds. The van der Waals surface area contributed by atoms with E-state index in [1.165, 1.54) is 11.3 Å². The molecule has 1 aromatic heterocycles. The molecule has 5 nitrogen and oxygen atoms in total. The van der Waals surface area contributed by atoms with Gasteiger partial charge in [0.25, 0.3) is 5.91 Å². The van der Waals surface area contributed by atoms with Crippen LogP contribution < -0.4 is 10.6 Å². The molecule has 0 radical (unpaired) electrons. The van der Waals surface area contributed by atoms with Crippen LogP contribution in [-0.4, -0.2) is 23.3 Å². The third-order valence-electron chi connectivity index (χ3n) is 3.65. The van der Waals surface area contributed by atoms with Gasteiger partial charge in [0, 0.05) is 12.5 Å². The Hall–Kier alpha value is -1.69. The van der Waals surface area contributed by atoms with Gasteiger partial charge in [0.05, 0.1) is 5.69 Å². The maximum Gasteiger partial charge on any atom is 0.263 e. The number of aromatic nitrogens is 1. The van der Waals surface area contributed by atoms with Crippen LogP contribution in [0.4, 0.5) is 5.13 Å². The first-order valence-electron chi connectivity index (χ1n) is 6.98. The van der Waals surface area contributed by atoms with Crippen LogP contribution in [-0.2, 0) is 11.2 Å². The smallest absolute Gasteiger partial charge is 0.263 e. The van der Waals surface area contributed by atoms with Crippen molar-refractivity contribution in [2.75, 3.05) is 11.9 Å². The molecular weight excluding hydrogens is 274 g/mol. The predicted octanol–water partition coefficient (Wildman–Crippen LogP) is 2.11. The standard InChI is InChI=1S/C14H17N3O2S/c18-12(9-5-2-1-3-6-9)17-14-16-10-7-4-8-15-13(19)11(10)20-14/h1-2,9H,3-8H2,(H,15,19)(H,16,17,18)/t9-/m0/s1. The van der Waals surface area contributed by atoms with Crippen molar-refractivity contribution in [3.05, 3.63) is 22.7 Å². The van der Waals surface area contributed by atoms with Crippen molar-refractivity contribution in [2.24, 2.45) is 5.92 Å². The normalized spacial score (nSPS) is 21.8. The predicted molar refractivity (Wildman–Crippen MR) is 77.9 cm³/mol. The second-order valence-corrected chi connectivity index (χ2v) is 6.12. The van der Waals surface area contributed by atoms with Crippen LogP contribution in [0.15, 0.2) is 12.2 Å². The summed E-state index contributed by atoms with van der Waals surface area (Å²) in [4.78, 5) is 29.0. The van der Waals surface area contributed by atoms with Gasteiger partial charge in [-0.1, -0.05) is 23.5 Å². The van der Waals surface area contributed by atoms with Crippen molar-refractivity contribution in [3.63, 3.8) is 0 Å². The van der Waals surface area contributed by atoms with E-state index in [9.17, 15) is 9.59 Å². The highest BCUT2D eigenvalue weighted by Gasteiger charge is 2.23. The summed E-state index contributed by atoms with van der Waals surface area (Å²) >= 11 is 1.28. The minimum atomic E-state index is -0.0731. The van der Waals surface area contributed by atoms with Crippen LogP contribution in [0.25, 0.3) is 0 Å². The second kappa shape index (κ2) is 5.75. The van der Waals surface area contributed by atoms with E-state index in [4.69, 9.17) is 0 Å². The summed E-state index contributed by atoms with van der Waals surface area (Å²) in [6.45, 7) is 0.692. The lowest BCUT2D eigenvalue weighted by Crippen LogP contribution is -2.23. The van der Waals surface area contributed by atoms with Gasteiger partial charge in [-0.15, -0.1) is 0 Å².